The molecule has 0 aliphatic rings. The van der Waals surface area contributed by atoms with E-state index in [0.717, 1.165) is 11.5 Å². The minimum Gasteiger partial charge on any atom is -0.422 e. The van der Waals surface area contributed by atoms with Crippen LogP contribution in [0.25, 0.3) is 11.0 Å². The zero-order chi connectivity index (χ0) is 10.8. The van der Waals surface area contributed by atoms with E-state index < -0.39 is 11.4 Å². The quantitative estimate of drug-likeness (QED) is 0.424. The maximum Gasteiger partial charge on any atom is 0.347 e. The highest BCUT2D eigenvalue weighted by molar-refractivity contribution is 6.05. The average Bonchev–Trinajstić information content (AvgIpc) is 2.27. The molecule has 2 rings (SSSR count). The highest BCUT2D eigenvalue weighted by Crippen LogP contribution is 2.12. The van der Waals surface area contributed by atoms with Crippen molar-refractivity contribution in [2.75, 3.05) is 0 Å². The number of fused-ring (bicyclic) bond motifs is 1. The molecule has 0 fully saturated rings. The predicted molar refractivity (Wildman–Crippen MR) is 57.0 cm³/mol. The minimum absolute atomic E-state index is 0.0173. The normalized spacial score (nSPS) is 10.1. The molecule has 0 saturated carbocycles. The molecule has 2 aromatic rings. The number of ketones is 1. The van der Waals surface area contributed by atoms with E-state index in [1.165, 1.54) is 6.07 Å². The fourth-order valence-corrected chi connectivity index (χ4v) is 1.34. The smallest absolute Gasteiger partial charge is 0.347 e. The van der Waals surface area contributed by atoms with Crippen molar-refractivity contribution < 1.29 is 9.21 Å². The number of allylic oxidation sites excluding steroid dienone is 1. The number of carbonyl (C=O) groups is 1. The van der Waals surface area contributed by atoms with Crippen LogP contribution in [0.3, 0.4) is 0 Å². The zero-order valence-corrected chi connectivity index (χ0v) is 7.90. The van der Waals surface area contributed by atoms with Gasteiger partial charge in [0.2, 0.25) is 0 Å². The van der Waals surface area contributed by atoms with Gasteiger partial charge in [-0.25, -0.2) is 4.79 Å². The Bertz CT molecular complexity index is 593. The molecule has 0 aliphatic carbocycles. The van der Waals surface area contributed by atoms with Gasteiger partial charge < -0.3 is 4.42 Å². The van der Waals surface area contributed by atoms with E-state index in [2.05, 4.69) is 6.58 Å². The average molecular weight is 200 g/mol. The van der Waals surface area contributed by atoms with Crippen LogP contribution in [0.1, 0.15) is 10.4 Å². The summed E-state index contributed by atoms with van der Waals surface area (Å²) in [5, 5.41) is 0.724. The fraction of sp³-hybridized carbons (Fsp3) is 0. The highest BCUT2D eigenvalue weighted by Gasteiger charge is 2.09. The van der Waals surface area contributed by atoms with Crippen LogP contribution in [-0.2, 0) is 0 Å². The van der Waals surface area contributed by atoms with Crippen LogP contribution in [0.5, 0.6) is 0 Å². The lowest BCUT2D eigenvalue weighted by atomic mass is 10.1. The Morgan fingerprint density at radius 2 is 2.07 bits per heavy atom. The van der Waals surface area contributed by atoms with Crippen LogP contribution in [0.15, 0.2) is 52.2 Å². The molecule has 0 amide bonds. The standard InChI is InChI=1S/C12H8O3/c1-2-10(13)9-7-8-5-3-4-6-11(8)15-12(9)14/h2-7H,1H2. The van der Waals surface area contributed by atoms with Gasteiger partial charge in [0.25, 0.3) is 0 Å². The minimum atomic E-state index is -0.626. The lowest BCUT2D eigenvalue weighted by molar-refractivity contribution is 0.104. The molecule has 0 saturated heterocycles. The van der Waals surface area contributed by atoms with Gasteiger partial charge >= 0.3 is 5.63 Å². The molecule has 0 spiro atoms. The van der Waals surface area contributed by atoms with Crippen molar-refractivity contribution in [3.8, 4) is 0 Å². The molecule has 15 heavy (non-hydrogen) atoms. The fourth-order valence-electron chi connectivity index (χ4n) is 1.34. The topological polar surface area (TPSA) is 47.3 Å². The van der Waals surface area contributed by atoms with Crippen LogP contribution < -0.4 is 5.63 Å². The largest absolute Gasteiger partial charge is 0.422 e. The van der Waals surface area contributed by atoms with Crippen LogP contribution in [0.2, 0.25) is 0 Å². The number of rotatable bonds is 2. The summed E-state index contributed by atoms with van der Waals surface area (Å²) in [7, 11) is 0. The molecular weight excluding hydrogens is 192 g/mol. The molecule has 3 heteroatoms. The third-order valence-electron chi connectivity index (χ3n) is 2.09. The molecule has 1 aromatic carbocycles. The van der Waals surface area contributed by atoms with Crippen LogP contribution in [0, 0.1) is 0 Å². The molecule has 0 aliphatic heterocycles. The lowest BCUT2D eigenvalue weighted by Crippen LogP contribution is -2.11. The number of para-hydroxylation sites is 1. The highest BCUT2D eigenvalue weighted by atomic mass is 16.4. The number of hydrogen-bond acceptors (Lipinski definition) is 3. The molecule has 0 atom stereocenters. The van der Waals surface area contributed by atoms with Gasteiger partial charge in [-0.2, -0.15) is 0 Å². The van der Waals surface area contributed by atoms with E-state index in [4.69, 9.17) is 4.42 Å². The number of benzene rings is 1. The summed E-state index contributed by atoms with van der Waals surface area (Å²) in [6.45, 7) is 3.33. The van der Waals surface area contributed by atoms with Gasteiger partial charge in [0, 0.05) is 5.39 Å². The van der Waals surface area contributed by atoms with Crippen LogP contribution in [0.4, 0.5) is 0 Å². The van der Waals surface area contributed by atoms with Gasteiger partial charge in [-0.3, -0.25) is 4.79 Å². The maximum atomic E-state index is 11.4. The van der Waals surface area contributed by atoms with E-state index in [0.29, 0.717) is 5.58 Å². The van der Waals surface area contributed by atoms with Gasteiger partial charge in [-0.05, 0) is 18.2 Å². The summed E-state index contributed by atoms with van der Waals surface area (Å²) in [5.41, 5.74) is -0.134. The second kappa shape index (κ2) is 3.53. The molecule has 0 radical (unpaired) electrons. The second-order valence-electron chi connectivity index (χ2n) is 3.05. The summed E-state index contributed by atoms with van der Waals surface area (Å²) in [4.78, 5) is 22.7. The number of hydrogen-bond donors (Lipinski definition) is 0. The first-order chi connectivity index (χ1) is 7.22. The van der Waals surface area contributed by atoms with Crippen molar-refractivity contribution >= 4 is 16.8 Å². The van der Waals surface area contributed by atoms with Gasteiger partial charge in [0.15, 0.2) is 5.78 Å². The summed E-state index contributed by atoms with van der Waals surface area (Å²) < 4.78 is 4.99. The van der Waals surface area contributed by atoms with Crippen LogP contribution >= 0.6 is 0 Å². The van der Waals surface area contributed by atoms with Gasteiger partial charge in [0.1, 0.15) is 11.1 Å². The van der Waals surface area contributed by atoms with Gasteiger partial charge in [-0.1, -0.05) is 24.8 Å². The Labute approximate surface area is 85.6 Å². The molecular formula is C12H8O3. The van der Waals surface area contributed by atoms with Crippen molar-refractivity contribution in [1.82, 2.24) is 0 Å². The Morgan fingerprint density at radius 1 is 1.33 bits per heavy atom. The van der Waals surface area contributed by atoms with Crippen molar-refractivity contribution in [3.05, 3.63) is 59.0 Å². The first kappa shape index (κ1) is 9.40. The summed E-state index contributed by atoms with van der Waals surface area (Å²) in [6.07, 6.45) is 1.10. The monoisotopic (exact) mass is 200 g/mol. The third kappa shape index (κ3) is 1.59. The van der Waals surface area contributed by atoms with E-state index in [1.807, 2.05) is 6.07 Å². The third-order valence-corrected chi connectivity index (χ3v) is 2.09. The Morgan fingerprint density at radius 3 is 2.80 bits per heavy atom. The Kier molecular flexibility index (Phi) is 2.21. The summed E-state index contributed by atoms with van der Waals surface area (Å²) >= 11 is 0. The van der Waals surface area contributed by atoms with Crippen molar-refractivity contribution in [2.24, 2.45) is 0 Å². The van der Waals surface area contributed by atoms with E-state index >= 15 is 0 Å². The van der Waals surface area contributed by atoms with E-state index in [1.54, 1.807) is 18.2 Å². The molecule has 3 nitrogen and oxygen atoms in total. The van der Waals surface area contributed by atoms with Crippen molar-refractivity contribution in [1.29, 1.82) is 0 Å². The molecule has 0 unspecified atom stereocenters. The SMILES string of the molecule is C=CC(=O)c1cc2ccccc2oc1=O. The molecule has 1 aromatic heterocycles. The van der Waals surface area contributed by atoms with Gasteiger partial charge in [-0.15, -0.1) is 0 Å². The van der Waals surface area contributed by atoms with Crippen LogP contribution in [-0.4, -0.2) is 5.78 Å². The van der Waals surface area contributed by atoms with E-state index in [-0.39, 0.29) is 5.56 Å². The second-order valence-corrected chi connectivity index (χ2v) is 3.05. The maximum absolute atomic E-state index is 11.4. The zero-order valence-electron chi connectivity index (χ0n) is 7.90. The number of carbonyl (C=O) groups excluding carboxylic acids is 1. The van der Waals surface area contributed by atoms with Gasteiger partial charge in [0.05, 0.1) is 0 Å². The Balaban J connectivity index is 2.78. The molecule has 0 N–H and O–H groups in total. The summed E-state index contributed by atoms with van der Waals surface area (Å²) in [6, 6.07) is 8.55. The molecule has 0 bridgehead atoms. The lowest BCUT2D eigenvalue weighted by Gasteiger charge is -1.97. The van der Waals surface area contributed by atoms with Crippen molar-refractivity contribution in [2.45, 2.75) is 0 Å². The predicted octanol–water partition coefficient (Wildman–Crippen LogP) is 2.16. The first-order valence-electron chi connectivity index (χ1n) is 4.42. The first-order valence-corrected chi connectivity index (χ1v) is 4.42. The molecule has 74 valence electrons. The summed E-state index contributed by atoms with van der Waals surface area (Å²) in [5.74, 6) is -0.422. The van der Waals surface area contributed by atoms with Crippen molar-refractivity contribution in [3.63, 3.8) is 0 Å². The van der Waals surface area contributed by atoms with E-state index in [9.17, 15) is 9.59 Å². The Hall–Kier alpha value is -2.16. The molecule has 1 heterocycles.